The molecule has 178 valence electrons. The molecular formula is C24H38N4O3S. The Kier molecular flexibility index (Phi) is 6.78. The van der Waals surface area contributed by atoms with E-state index in [-0.39, 0.29) is 23.2 Å². The Hall–Kier alpha value is -1.93. The van der Waals surface area contributed by atoms with E-state index in [1.54, 1.807) is 21.3 Å². The second-order valence-electron chi connectivity index (χ2n) is 10.9. The second-order valence-corrected chi connectivity index (χ2v) is 12.9. The second kappa shape index (κ2) is 8.78. The van der Waals surface area contributed by atoms with E-state index in [0.717, 1.165) is 5.56 Å². The number of nitrogens with zero attached hydrogens (tertiary/aromatic N) is 2. The lowest BCUT2D eigenvalue weighted by Crippen LogP contribution is -2.46. The Morgan fingerprint density at radius 2 is 1.72 bits per heavy atom. The van der Waals surface area contributed by atoms with Crippen molar-refractivity contribution in [2.75, 3.05) is 19.6 Å². The van der Waals surface area contributed by atoms with Gasteiger partial charge in [0, 0.05) is 19.6 Å². The average Bonchev–Trinajstić information content (AvgIpc) is 2.90. The summed E-state index contributed by atoms with van der Waals surface area (Å²) in [4.78, 5) is 14.8. The van der Waals surface area contributed by atoms with Crippen LogP contribution in [0.25, 0.3) is 0 Å². The van der Waals surface area contributed by atoms with Gasteiger partial charge in [0.25, 0.3) is 5.91 Å². The van der Waals surface area contributed by atoms with Gasteiger partial charge in [-0.2, -0.15) is 4.31 Å². The zero-order valence-electron chi connectivity index (χ0n) is 20.2. The van der Waals surface area contributed by atoms with E-state index in [4.69, 9.17) is 5.41 Å². The fourth-order valence-electron chi connectivity index (χ4n) is 4.78. The SMILES string of the molecule is CC(C)CC1(C)NC(=N)N(CC2CCN(S(=O)(=O)c3ccc(C(C)(C)C)cc3)CC2)C1=O. The third kappa shape index (κ3) is 5.01. The Labute approximate surface area is 193 Å². The monoisotopic (exact) mass is 462 g/mol. The van der Waals surface area contributed by atoms with Gasteiger partial charge in [-0.05, 0) is 61.1 Å². The van der Waals surface area contributed by atoms with Crippen molar-refractivity contribution in [3.8, 4) is 0 Å². The summed E-state index contributed by atoms with van der Waals surface area (Å²) in [7, 11) is -3.53. The van der Waals surface area contributed by atoms with Crippen LogP contribution in [-0.4, -0.2) is 54.7 Å². The number of guanidine groups is 1. The molecule has 0 radical (unpaired) electrons. The fourth-order valence-corrected chi connectivity index (χ4v) is 6.25. The molecule has 32 heavy (non-hydrogen) atoms. The van der Waals surface area contributed by atoms with Gasteiger partial charge in [0.05, 0.1) is 4.90 Å². The average molecular weight is 463 g/mol. The summed E-state index contributed by atoms with van der Waals surface area (Å²) in [6.07, 6.45) is 2.03. The van der Waals surface area contributed by atoms with Crippen LogP contribution in [0.5, 0.6) is 0 Å². The number of carbonyl (C=O) groups is 1. The lowest BCUT2D eigenvalue weighted by Gasteiger charge is -2.33. The van der Waals surface area contributed by atoms with Crippen LogP contribution in [0.2, 0.25) is 0 Å². The van der Waals surface area contributed by atoms with E-state index >= 15 is 0 Å². The summed E-state index contributed by atoms with van der Waals surface area (Å²) < 4.78 is 27.8. The van der Waals surface area contributed by atoms with Crippen LogP contribution in [0.3, 0.4) is 0 Å². The van der Waals surface area contributed by atoms with E-state index in [0.29, 0.717) is 49.7 Å². The van der Waals surface area contributed by atoms with Crippen LogP contribution in [0, 0.1) is 17.2 Å². The lowest BCUT2D eigenvalue weighted by atomic mass is 9.87. The van der Waals surface area contributed by atoms with Crippen molar-refractivity contribution in [2.24, 2.45) is 11.8 Å². The summed E-state index contributed by atoms with van der Waals surface area (Å²) in [6, 6.07) is 7.19. The van der Waals surface area contributed by atoms with E-state index in [2.05, 4.69) is 39.9 Å². The Morgan fingerprint density at radius 3 is 2.22 bits per heavy atom. The topological polar surface area (TPSA) is 93.6 Å². The molecule has 1 amide bonds. The third-order valence-corrected chi connectivity index (χ3v) is 8.48. The number of sulfonamides is 1. The predicted octanol–water partition coefficient (Wildman–Crippen LogP) is 3.56. The van der Waals surface area contributed by atoms with E-state index in [1.807, 2.05) is 19.1 Å². The zero-order chi connectivity index (χ0) is 23.9. The normalized spacial score (nSPS) is 23.8. The van der Waals surface area contributed by atoms with Gasteiger partial charge >= 0.3 is 0 Å². The van der Waals surface area contributed by atoms with Crippen molar-refractivity contribution >= 4 is 21.9 Å². The maximum atomic E-state index is 13.1. The van der Waals surface area contributed by atoms with Crippen LogP contribution in [-0.2, 0) is 20.2 Å². The van der Waals surface area contributed by atoms with Crippen LogP contribution in [0.1, 0.15) is 66.4 Å². The number of amides is 1. The van der Waals surface area contributed by atoms with E-state index in [1.165, 1.54) is 0 Å². The summed E-state index contributed by atoms with van der Waals surface area (Å²) >= 11 is 0. The Balaban J connectivity index is 1.61. The lowest BCUT2D eigenvalue weighted by molar-refractivity contribution is -0.131. The molecule has 1 atom stereocenters. The van der Waals surface area contributed by atoms with Gasteiger partial charge in [0.2, 0.25) is 10.0 Å². The van der Waals surface area contributed by atoms with Crippen molar-refractivity contribution in [3.63, 3.8) is 0 Å². The minimum atomic E-state index is -3.53. The molecule has 3 rings (SSSR count). The molecule has 2 aliphatic rings. The molecule has 0 bridgehead atoms. The molecule has 2 fully saturated rings. The van der Waals surface area contributed by atoms with Gasteiger partial charge in [-0.1, -0.05) is 46.8 Å². The number of carbonyl (C=O) groups excluding carboxylic acids is 1. The molecule has 2 saturated heterocycles. The van der Waals surface area contributed by atoms with E-state index in [9.17, 15) is 13.2 Å². The first-order chi connectivity index (χ1) is 14.7. The molecule has 2 N–H and O–H groups in total. The largest absolute Gasteiger partial charge is 0.342 e. The van der Waals surface area contributed by atoms with Crippen molar-refractivity contribution in [1.82, 2.24) is 14.5 Å². The van der Waals surface area contributed by atoms with Gasteiger partial charge < -0.3 is 5.32 Å². The summed E-state index contributed by atoms with van der Waals surface area (Å²) in [6.45, 7) is 13.6. The maximum Gasteiger partial charge on any atom is 0.254 e. The number of hydrogen-bond donors (Lipinski definition) is 2. The zero-order valence-corrected chi connectivity index (χ0v) is 21.1. The molecule has 1 aromatic rings. The van der Waals surface area contributed by atoms with Crippen LogP contribution < -0.4 is 5.32 Å². The highest BCUT2D eigenvalue weighted by molar-refractivity contribution is 7.89. The predicted molar refractivity (Wildman–Crippen MR) is 127 cm³/mol. The smallest absolute Gasteiger partial charge is 0.254 e. The van der Waals surface area contributed by atoms with E-state index < -0.39 is 15.6 Å². The number of rotatable bonds is 6. The van der Waals surface area contributed by atoms with Gasteiger partial charge in [0.1, 0.15) is 5.54 Å². The molecule has 0 aliphatic carbocycles. The van der Waals surface area contributed by atoms with Crippen LogP contribution in [0.15, 0.2) is 29.2 Å². The minimum absolute atomic E-state index is 0.0263. The Morgan fingerprint density at radius 1 is 1.16 bits per heavy atom. The minimum Gasteiger partial charge on any atom is -0.342 e. The standard InChI is InChI=1S/C24H38N4O3S/c1-17(2)15-24(6)21(29)28(22(25)26-24)16-18-11-13-27(14-12-18)32(30,31)20-9-7-19(8-10-20)23(3,4)5/h7-10,17-18H,11-16H2,1-6H3,(H2,25,26). The van der Waals surface area contributed by atoms with Gasteiger partial charge in [0.15, 0.2) is 5.96 Å². The molecule has 0 spiro atoms. The highest BCUT2D eigenvalue weighted by atomic mass is 32.2. The van der Waals surface area contributed by atoms with Crippen LogP contribution >= 0.6 is 0 Å². The molecule has 2 heterocycles. The van der Waals surface area contributed by atoms with Gasteiger partial charge in [-0.25, -0.2) is 8.42 Å². The van der Waals surface area contributed by atoms with Crippen molar-refractivity contribution in [3.05, 3.63) is 29.8 Å². The molecule has 0 aromatic heterocycles. The van der Waals surface area contributed by atoms with Crippen molar-refractivity contribution in [1.29, 1.82) is 5.41 Å². The highest BCUT2D eigenvalue weighted by Gasteiger charge is 2.46. The number of hydrogen-bond acceptors (Lipinski definition) is 4. The maximum absolute atomic E-state index is 13.1. The molecule has 2 aliphatic heterocycles. The van der Waals surface area contributed by atoms with Gasteiger partial charge in [-0.3, -0.25) is 15.1 Å². The van der Waals surface area contributed by atoms with Gasteiger partial charge in [-0.15, -0.1) is 0 Å². The molecule has 0 saturated carbocycles. The summed E-state index contributed by atoms with van der Waals surface area (Å²) in [5.74, 6) is 0.629. The molecule has 8 heteroatoms. The summed E-state index contributed by atoms with van der Waals surface area (Å²) in [5, 5.41) is 11.3. The number of piperidine rings is 1. The van der Waals surface area contributed by atoms with Crippen molar-refractivity contribution < 1.29 is 13.2 Å². The van der Waals surface area contributed by atoms with Crippen LogP contribution in [0.4, 0.5) is 0 Å². The fraction of sp³-hybridized carbons (Fsp3) is 0.667. The first-order valence-electron chi connectivity index (χ1n) is 11.5. The Bertz CT molecular complexity index is 958. The first kappa shape index (κ1) is 24.7. The quantitative estimate of drug-likeness (QED) is 0.676. The highest BCUT2D eigenvalue weighted by Crippen LogP contribution is 2.30. The number of nitrogens with one attached hydrogen (secondary N) is 2. The molecular weight excluding hydrogens is 424 g/mol. The number of benzene rings is 1. The summed E-state index contributed by atoms with van der Waals surface area (Å²) in [5.41, 5.74) is 0.349. The first-order valence-corrected chi connectivity index (χ1v) is 13.0. The molecule has 1 unspecified atom stereocenters. The third-order valence-electron chi connectivity index (χ3n) is 6.57. The molecule has 7 nitrogen and oxygen atoms in total. The van der Waals surface area contributed by atoms with Crippen molar-refractivity contribution in [2.45, 2.75) is 76.7 Å². The molecule has 1 aromatic carbocycles.